The van der Waals surface area contributed by atoms with Gasteiger partial charge >= 0.3 is 12.6 Å². The summed E-state index contributed by atoms with van der Waals surface area (Å²) < 4.78 is 41.0. The Hall–Kier alpha value is -0.870. The third kappa shape index (κ3) is 4.99. The topological polar surface area (TPSA) is 18.5 Å². The fourth-order valence-corrected chi connectivity index (χ4v) is 0.153. The van der Waals surface area contributed by atoms with Crippen molar-refractivity contribution in [1.82, 2.24) is 0 Å². The molecule has 0 bridgehead atoms. The Bertz CT molecular complexity index is 102. The Morgan fingerprint density at radius 2 is 2.11 bits per heavy atom. The summed E-state index contributed by atoms with van der Waals surface area (Å²) >= 11 is 0. The minimum absolute atomic E-state index is 0.199. The Kier molecular flexibility index (Phi) is 3.66. The van der Waals surface area contributed by atoms with E-state index in [1.807, 2.05) is 0 Å². The Balaban J connectivity index is 3.43. The van der Waals surface area contributed by atoms with Crippen LogP contribution in [0.5, 0.6) is 0 Å². The van der Waals surface area contributed by atoms with Gasteiger partial charge in [-0.05, 0) is 0 Å². The lowest BCUT2D eigenvalue weighted by Crippen LogP contribution is -1.91. The SMILES string of the molecule is CO/C(F)=C\OC(F)F. The van der Waals surface area contributed by atoms with Crippen molar-refractivity contribution >= 4 is 0 Å². The van der Waals surface area contributed by atoms with Crippen LogP contribution >= 0.6 is 0 Å². The molecule has 0 amide bonds. The Labute approximate surface area is 49.9 Å². The van der Waals surface area contributed by atoms with Crippen LogP contribution < -0.4 is 0 Å². The van der Waals surface area contributed by atoms with Gasteiger partial charge in [-0.25, -0.2) is 0 Å². The maximum atomic E-state index is 11.7. The minimum Gasteiger partial charge on any atom is -0.472 e. The fourth-order valence-electron chi connectivity index (χ4n) is 0.153. The normalized spacial score (nSPS) is 11.9. The van der Waals surface area contributed by atoms with E-state index in [2.05, 4.69) is 9.47 Å². The van der Waals surface area contributed by atoms with E-state index in [9.17, 15) is 13.2 Å². The summed E-state index contributed by atoms with van der Waals surface area (Å²) in [5.41, 5.74) is 0. The van der Waals surface area contributed by atoms with Gasteiger partial charge in [0.05, 0.1) is 7.11 Å². The van der Waals surface area contributed by atoms with Crippen molar-refractivity contribution in [3.63, 3.8) is 0 Å². The van der Waals surface area contributed by atoms with Crippen molar-refractivity contribution in [3.05, 3.63) is 12.3 Å². The molecule has 54 valence electrons. The number of hydrogen-bond donors (Lipinski definition) is 0. The molecule has 0 aromatic carbocycles. The van der Waals surface area contributed by atoms with E-state index >= 15 is 0 Å². The maximum absolute atomic E-state index is 11.7. The first-order chi connectivity index (χ1) is 4.16. The van der Waals surface area contributed by atoms with Crippen LogP contribution in [0.2, 0.25) is 0 Å². The number of rotatable bonds is 3. The first-order valence-electron chi connectivity index (χ1n) is 2.00. The zero-order valence-electron chi connectivity index (χ0n) is 4.61. The molecule has 5 heteroatoms. The smallest absolute Gasteiger partial charge is 0.387 e. The molecule has 0 aromatic rings. The highest BCUT2D eigenvalue weighted by molar-refractivity contribution is 4.71. The van der Waals surface area contributed by atoms with Crippen molar-refractivity contribution in [2.75, 3.05) is 7.11 Å². The van der Waals surface area contributed by atoms with E-state index in [-0.39, 0.29) is 6.26 Å². The molecule has 0 saturated carbocycles. The molecule has 0 aliphatic heterocycles. The van der Waals surface area contributed by atoms with E-state index < -0.39 is 12.6 Å². The maximum Gasteiger partial charge on any atom is 0.387 e. The average molecular weight is 142 g/mol. The number of methoxy groups -OCH3 is 1. The summed E-state index contributed by atoms with van der Waals surface area (Å²) in [5.74, 6) is 0. The highest BCUT2D eigenvalue weighted by Gasteiger charge is 1.99. The number of hydrogen-bond acceptors (Lipinski definition) is 2. The highest BCUT2D eigenvalue weighted by atomic mass is 19.3. The third-order valence-corrected chi connectivity index (χ3v) is 0.459. The predicted molar refractivity (Wildman–Crippen MR) is 23.3 cm³/mol. The number of alkyl halides is 2. The van der Waals surface area contributed by atoms with E-state index in [1.54, 1.807) is 0 Å². The molecule has 0 heterocycles. The van der Waals surface area contributed by atoms with E-state index in [1.165, 1.54) is 0 Å². The Morgan fingerprint density at radius 3 is 2.44 bits per heavy atom. The van der Waals surface area contributed by atoms with Crippen molar-refractivity contribution in [3.8, 4) is 0 Å². The van der Waals surface area contributed by atoms with Crippen LogP contribution in [0.25, 0.3) is 0 Å². The first kappa shape index (κ1) is 8.13. The van der Waals surface area contributed by atoms with Crippen LogP contribution in [-0.4, -0.2) is 13.7 Å². The summed E-state index contributed by atoms with van der Waals surface area (Å²) in [5, 5.41) is 0. The van der Waals surface area contributed by atoms with Crippen LogP contribution in [0.3, 0.4) is 0 Å². The molecule has 0 atom stereocenters. The van der Waals surface area contributed by atoms with Crippen LogP contribution in [0.1, 0.15) is 0 Å². The summed E-state index contributed by atoms with van der Waals surface area (Å²) in [6.45, 7) is -3.01. The molecule has 0 radical (unpaired) electrons. The van der Waals surface area contributed by atoms with Crippen molar-refractivity contribution in [2.24, 2.45) is 0 Å². The molecular weight excluding hydrogens is 137 g/mol. The molecule has 0 rings (SSSR count). The second kappa shape index (κ2) is 4.05. The Morgan fingerprint density at radius 1 is 1.56 bits per heavy atom. The van der Waals surface area contributed by atoms with E-state index in [0.29, 0.717) is 0 Å². The van der Waals surface area contributed by atoms with Gasteiger partial charge < -0.3 is 9.47 Å². The molecule has 0 aliphatic rings. The first-order valence-corrected chi connectivity index (χ1v) is 2.00. The summed E-state index contributed by atoms with van der Waals surface area (Å²) in [6.07, 6.45) is 0.199. The monoisotopic (exact) mass is 142 g/mol. The summed E-state index contributed by atoms with van der Waals surface area (Å²) in [4.78, 5) is 0. The van der Waals surface area contributed by atoms with Gasteiger partial charge in [-0.15, -0.1) is 0 Å². The average Bonchev–Trinajstić information content (AvgIpc) is 1.83. The molecule has 0 unspecified atom stereocenters. The molecule has 2 nitrogen and oxygen atoms in total. The zero-order valence-corrected chi connectivity index (χ0v) is 4.61. The lowest BCUT2D eigenvalue weighted by Gasteiger charge is -1.96. The molecule has 0 aliphatic carbocycles. The third-order valence-electron chi connectivity index (χ3n) is 0.459. The van der Waals surface area contributed by atoms with Gasteiger partial charge in [0.15, 0.2) is 6.26 Å². The zero-order chi connectivity index (χ0) is 7.28. The predicted octanol–water partition coefficient (Wildman–Crippen LogP) is 1.64. The number of ether oxygens (including phenoxy) is 2. The summed E-state index contributed by atoms with van der Waals surface area (Å²) in [7, 11) is 1.00. The fraction of sp³-hybridized carbons (Fsp3) is 0.500. The lowest BCUT2D eigenvalue weighted by atomic mass is 11.0. The molecule has 0 aromatic heterocycles. The second-order valence-electron chi connectivity index (χ2n) is 1.02. The molecule has 9 heavy (non-hydrogen) atoms. The van der Waals surface area contributed by atoms with Crippen LogP contribution in [0, 0.1) is 0 Å². The van der Waals surface area contributed by atoms with E-state index in [4.69, 9.17) is 0 Å². The lowest BCUT2D eigenvalue weighted by molar-refractivity contribution is -0.0882. The van der Waals surface area contributed by atoms with Crippen molar-refractivity contribution in [1.29, 1.82) is 0 Å². The van der Waals surface area contributed by atoms with Gasteiger partial charge in [0, 0.05) is 0 Å². The quantitative estimate of drug-likeness (QED) is 0.557. The molecule has 0 spiro atoms. The molecule has 0 fully saturated rings. The second-order valence-corrected chi connectivity index (χ2v) is 1.02. The van der Waals surface area contributed by atoms with Gasteiger partial charge in [-0.1, -0.05) is 0 Å². The van der Waals surface area contributed by atoms with Crippen molar-refractivity contribution in [2.45, 2.75) is 6.61 Å². The summed E-state index contributed by atoms with van der Waals surface area (Å²) in [6, 6.07) is -1.18. The van der Waals surface area contributed by atoms with Crippen LogP contribution in [-0.2, 0) is 9.47 Å². The van der Waals surface area contributed by atoms with Crippen LogP contribution in [0.15, 0.2) is 12.3 Å². The number of halogens is 3. The molecule has 0 N–H and O–H groups in total. The molecule has 0 saturated heterocycles. The molecular formula is C4H5F3O2. The van der Waals surface area contributed by atoms with Gasteiger partial charge in [0.1, 0.15) is 0 Å². The largest absolute Gasteiger partial charge is 0.472 e. The standard InChI is InChI=1S/C4H5F3O2/c1-8-3(5)2-9-4(6)7/h2,4H,1H3/b3-2-. The van der Waals surface area contributed by atoms with Gasteiger partial charge in [-0.3, -0.25) is 0 Å². The van der Waals surface area contributed by atoms with Gasteiger partial charge in [0.25, 0.3) is 0 Å². The van der Waals surface area contributed by atoms with Gasteiger partial charge in [0.2, 0.25) is 0 Å². The van der Waals surface area contributed by atoms with Crippen molar-refractivity contribution < 1.29 is 22.6 Å². The van der Waals surface area contributed by atoms with Gasteiger partial charge in [-0.2, -0.15) is 13.2 Å². The van der Waals surface area contributed by atoms with Crippen LogP contribution in [0.4, 0.5) is 13.2 Å². The highest BCUT2D eigenvalue weighted by Crippen LogP contribution is 2.00. The minimum atomic E-state index is -3.01. The van der Waals surface area contributed by atoms with E-state index in [0.717, 1.165) is 7.11 Å².